The molecule has 9 nitrogen and oxygen atoms in total. The molecule has 0 radical (unpaired) electrons. The molecule has 0 saturated carbocycles. The third kappa shape index (κ3) is 5.34. The Bertz CT molecular complexity index is 1370. The van der Waals surface area contributed by atoms with Gasteiger partial charge in [0.1, 0.15) is 18.1 Å². The van der Waals surface area contributed by atoms with Gasteiger partial charge in [-0.05, 0) is 68.6 Å². The molecule has 1 heterocycles. The van der Waals surface area contributed by atoms with Crippen LogP contribution in [0.5, 0.6) is 0 Å². The second kappa shape index (κ2) is 11.0. The number of rotatable bonds is 7. The summed E-state index contributed by atoms with van der Waals surface area (Å²) < 4.78 is 1.26. The molecule has 0 spiro atoms. The second-order valence-corrected chi connectivity index (χ2v) is 8.79. The summed E-state index contributed by atoms with van der Waals surface area (Å²) in [5.74, 6) is -0.455. The lowest BCUT2D eigenvalue weighted by atomic mass is 9.88. The Hall–Kier alpha value is -4.29. The monoisotopic (exact) mass is 484 g/mol. The van der Waals surface area contributed by atoms with Crippen LogP contribution in [-0.4, -0.2) is 34.5 Å². The molecule has 3 aromatic rings. The highest BCUT2D eigenvalue weighted by atomic mass is 16.2. The van der Waals surface area contributed by atoms with Crippen LogP contribution in [0.2, 0.25) is 0 Å². The van der Waals surface area contributed by atoms with Crippen molar-refractivity contribution in [2.45, 2.75) is 44.8 Å². The van der Waals surface area contributed by atoms with Crippen LogP contribution < -0.4 is 21.5 Å². The Balaban J connectivity index is 1.66. The Labute approximate surface area is 209 Å². The van der Waals surface area contributed by atoms with Crippen molar-refractivity contribution in [3.05, 3.63) is 81.8 Å². The maximum Gasteiger partial charge on any atom is 0.278 e. The largest absolute Gasteiger partial charge is 0.348 e. The third-order valence-electron chi connectivity index (χ3n) is 6.41. The van der Waals surface area contributed by atoms with E-state index in [4.69, 9.17) is 5.26 Å². The smallest absolute Gasteiger partial charge is 0.278 e. The predicted octanol–water partition coefficient (Wildman–Crippen LogP) is 2.52. The van der Waals surface area contributed by atoms with Crippen molar-refractivity contribution in [2.24, 2.45) is 0 Å². The molecule has 0 aliphatic heterocycles. The van der Waals surface area contributed by atoms with E-state index in [2.05, 4.69) is 33.1 Å². The molecule has 2 unspecified atom stereocenters. The topological polar surface area (TPSA) is 129 Å². The van der Waals surface area contributed by atoms with E-state index in [-0.39, 0.29) is 30.0 Å². The Morgan fingerprint density at radius 3 is 2.67 bits per heavy atom. The lowest BCUT2D eigenvalue weighted by Crippen LogP contribution is -2.40. The van der Waals surface area contributed by atoms with Gasteiger partial charge in [0.25, 0.3) is 5.56 Å². The fourth-order valence-corrected chi connectivity index (χ4v) is 4.31. The number of carbonyl (C=O) groups excluding carboxylic acids is 2. The Morgan fingerprint density at radius 1 is 1.19 bits per heavy atom. The van der Waals surface area contributed by atoms with Crippen LogP contribution >= 0.6 is 0 Å². The zero-order valence-electron chi connectivity index (χ0n) is 20.2. The molecule has 1 aromatic heterocycles. The summed E-state index contributed by atoms with van der Waals surface area (Å²) in [6, 6.07) is 16.0. The van der Waals surface area contributed by atoms with Gasteiger partial charge in [0.15, 0.2) is 0 Å². The number of nitrogens with zero attached hydrogens (tertiary/aromatic N) is 3. The first-order valence-electron chi connectivity index (χ1n) is 11.9. The van der Waals surface area contributed by atoms with Gasteiger partial charge < -0.3 is 16.0 Å². The van der Waals surface area contributed by atoms with Crippen LogP contribution in [0.4, 0.5) is 5.69 Å². The van der Waals surface area contributed by atoms with Gasteiger partial charge in [0.05, 0.1) is 29.9 Å². The van der Waals surface area contributed by atoms with Gasteiger partial charge in [-0.3, -0.25) is 19.0 Å². The van der Waals surface area contributed by atoms with Crippen molar-refractivity contribution < 1.29 is 9.59 Å². The number of likely N-dealkylation sites (N-methyl/N-ethyl adjacent to an activating group) is 1. The maximum atomic E-state index is 13.4. The van der Waals surface area contributed by atoms with Crippen molar-refractivity contribution in [1.82, 2.24) is 20.2 Å². The number of hydrogen-bond acceptors (Lipinski definition) is 6. The van der Waals surface area contributed by atoms with Crippen LogP contribution in [0.1, 0.15) is 42.5 Å². The highest BCUT2D eigenvalue weighted by Gasteiger charge is 2.23. The summed E-state index contributed by atoms with van der Waals surface area (Å²) in [7, 11) is 1.64. The summed E-state index contributed by atoms with van der Waals surface area (Å²) in [6.45, 7) is 1.40. The van der Waals surface area contributed by atoms with E-state index in [1.165, 1.54) is 16.3 Å². The highest BCUT2D eigenvalue weighted by Crippen LogP contribution is 2.29. The van der Waals surface area contributed by atoms with Crippen molar-refractivity contribution in [1.29, 1.82) is 5.26 Å². The molecule has 1 aliphatic rings. The van der Waals surface area contributed by atoms with Crippen LogP contribution in [0.25, 0.3) is 11.4 Å². The SMILES string of the molecule is CNC(C)C(=O)Nc1cnc(-c2ccc(C#N)cc2)n(CC(=O)NC2CCCc3ccccc32)c1=O. The number of aryl methyl sites for hydroxylation is 1. The number of aromatic nitrogens is 2. The summed E-state index contributed by atoms with van der Waals surface area (Å²) in [6.07, 6.45) is 4.05. The van der Waals surface area contributed by atoms with Crippen LogP contribution in [0.3, 0.4) is 0 Å². The fraction of sp³-hybridized carbons (Fsp3) is 0.296. The van der Waals surface area contributed by atoms with Gasteiger partial charge in [-0.25, -0.2) is 4.98 Å². The summed E-state index contributed by atoms with van der Waals surface area (Å²) in [4.78, 5) is 43.4. The van der Waals surface area contributed by atoms with Gasteiger partial charge in [-0.2, -0.15) is 5.26 Å². The van der Waals surface area contributed by atoms with E-state index in [1.807, 2.05) is 18.2 Å². The molecule has 4 rings (SSSR count). The number of nitriles is 1. The molecule has 2 amide bonds. The fourth-order valence-electron chi connectivity index (χ4n) is 4.31. The number of hydrogen-bond donors (Lipinski definition) is 3. The summed E-state index contributed by atoms with van der Waals surface area (Å²) >= 11 is 0. The van der Waals surface area contributed by atoms with Gasteiger partial charge in [0, 0.05) is 5.56 Å². The van der Waals surface area contributed by atoms with E-state index < -0.39 is 17.5 Å². The standard InChI is InChI=1S/C27H28N6O3/c1-17(29-2)26(35)32-23-15-30-25(20-12-10-18(14-28)11-13-20)33(27(23)36)16-24(34)31-22-9-5-7-19-6-3-4-8-21(19)22/h3-4,6,8,10-13,15,17,22,29H,5,7,9,16H2,1-2H3,(H,31,34)(H,32,35). The molecule has 184 valence electrons. The third-order valence-corrected chi connectivity index (χ3v) is 6.41. The highest BCUT2D eigenvalue weighted by molar-refractivity contribution is 5.94. The van der Waals surface area contributed by atoms with Crippen LogP contribution in [0.15, 0.2) is 59.5 Å². The Morgan fingerprint density at radius 2 is 1.94 bits per heavy atom. The molecule has 0 fully saturated rings. The number of carbonyl (C=O) groups is 2. The maximum absolute atomic E-state index is 13.4. The van der Waals surface area contributed by atoms with Gasteiger partial charge in [-0.1, -0.05) is 24.3 Å². The zero-order valence-corrected chi connectivity index (χ0v) is 20.2. The molecular weight excluding hydrogens is 456 g/mol. The minimum Gasteiger partial charge on any atom is -0.348 e. The lowest BCUT2D eigenvalue weighted by molar-refractivity contribution is -0.122. The minimum atomic E-state index is -0.541. The van der Waals surface area contributed by atoms with Crippen molar-refractivity contribution >= 4 is 17.5 Å². The average Bonchev–Trinajstić information content (AvgIpc) is 2.90. The number of anilines is 1. The molecule has 9 heteroatoms. The minimum absolute atomic E-state index is 0.0182. The molecular formula is C27H28N6O3. The van der Waals surface area contributed by atoms with E-state index in [9.17, 15) is 14.4 Å². The molecule has 1 aliphatic carbocycles. The summed E-state index contributed by atoms with van der Waals surface area (Å²) in [5.41, 5.74) is 2.79. The van der Waals surface area contributed by atoms with Crippen LogP contribution in [0, 0.1) is 11.3 Å². The van der Waals surface area contributed by atoms with E-state index in [0.717, 1.165) is 24.8 Å². The van der Waals surface area contributed by atoms with Crippen molar-refractivity contribution in [3.63, 3.8) is 0 Å². The van der Waals surface area contributed by atoms with Gasteiger partial charge >= 0.3 is 0 Å². The number of nitrogens with one attached hydrogen (secondary N) is 3. The number of amides is 2. The average molecular weight is 485 g/mol. The van der Waals surface area contributed by atoms with E-state index >= 15 is 0 Å². The van der Waals surface area contributed by atoms with Crippen molar-refractivity contribution in [3.8, 4) is 17.5 Å². The number of benzene rings is 2. The van der Waals surface area contributed by atoms with Gasteiger partial charge in [0.2, 0.25) is 11.8 Å². The molecule has 0 saturated heterocycles. The lowest BCUT2D eigenvalue weighted by Gasteiger charge is -2.26. The molecule has 0 bridgehead atoms. The first-order valence-corrected chi connectivity index (χ1v) is 11.9. The zero-order chi connectivity index (χ0) is 25.7. The van der Waals surface area contributed by atoms with Crippen molar-refractivity contribution in [2.75, 3.05) is 12.4 Å². The molecule has 2 atom stereocenters. The predicted molar refractivity (Wildman–Crippen MR) is 136 cm³/mol. The second-order valence-electron chi connectivity index (χ2n) is 8.79. The normalized spacial score (nSPS) is 15.3. The van der Waals surface area contributed by atoms with E-state index in [0.29, 0.717) is 11.1 Å². The van der Waals surface area contributed by atoms with Gasteiger partial charge in [-0.15, -0.1) is 0 Å². The van der Waals surface area contributed by atoms with Crippen LogP contribution in [-0.2, 0) is 22.6 Å². The number of fused-ring (bicyclic) bond motifs is 1. The molecule has 36 heavy (non-hydrogen) atoms. The molecule has 2 aromatic carbocycles. The Kier molecular flexibility index (Phi) is 7.56. The quantitative estimate of drug-likeness (QED) is 0.473. The first-order chi connectivity index (χ1) is 17.4. The first kappa shape index (κ1) is 24.8. The molecule has 3 N–H and O–H groups in total. The summed E-state index contributed by atoms with van der Waals surface area (Å²) in [5, 5.41) is 17.6. The van der Waals surface area contributed by atoms with E-state index in [1.54, 1.807) is 38.2 Å².